The Morgan fingerprint density at radius 3 is 1.88 bits per heavy atom. The molecule has 1 aromatic heterocycles. The van der Waals surface area contributed by atoms with Crippen molar-refractivity contribution in [1.29, 1.82) is 0 Å². The molecule has 2 saturated carbocycles. The van der Waals surface area contributed by atoms with Crippen molar-refractivity contribution in [2.45, 2.75) is 44.9 Å². The third-order valence-corrected chi connectivity index (χ3v) is 12.4. The van der Waals surface area contributed by atoms with Crippen LogP contribution in [0.15, 0.2) is 140 Å². The Morgan fingerprint density at radius 2 is 1.10 bits per heavy atom. The van der Waals surface area contributed by atoms with Crippen molar-refractivity contribution < 1.29 is 0 Å². The first-order chi connectivity index (χ1) is 25.1. The molecule has 10 rings (SSSR count). The summed E-state index contributed by atoms with van der Waals surface area (Å²) in [6.07, 6.45) is 5.36. The highest BCUT2D eigenvalue weighted by atomic mass is 15.0. The summed E-state index contributed by atoms with van der Waals surface area (Å²) >= 11 is 0. The maximum absolute atomic E-state index is 5.22. The van der Waals surface area contributed by atoms with Gasteiger partial charge in [-0.2, -0.15) is 0 Å². The lowest BCUT2D eigenvalue weighted by Crippen LogP contribution is -2.49. The summed E-state index contributed by atoms with van der Waals surface area (Å²) in [4.78, 5) is 15.5. The highest BCUT2D eigenvalue weighted by Crippen LogP contribution is 2.64. The highest BCUT2D eigenvalue weighted by molar-refractivity contribution is 5.95. The standard InChI is InChI=1S/C48H41N3/c1-30-23-32-25-31(2)48(38(24-30)26-32)43-20-12-11-18-40(43)42-28-35-21-22-36(27-37(35)29-44(42)48)46-49-45(34-15-7-4-8-16-34)50-47(51-46)41-19-10-9-17-39(41)33-13-5-3-6-14-33/h3-22,27-32,38H,23-26H2,1-2H3. The Hall–Kier alpha value is -5.41. The lowest BCUT2D eigenvalue weighted by molar-refractivity contribution is 0.0426. The van der Waals surface area contributed by atoms with Crippen molar-refractivity contribution >= 4 is 10.8 Å². The number of fused-ring (bicyclic) bond motifs is 9. The average Bonchev–Trinajstić information content (AvgIpc) is 3.46. The molecule has 248 valence electrons. The molecule has 0 saturated heterocycles. The predicted molar refractivity (Wildman–Crippen MR) is 209 cm³/mol. The van der Waals surface area contributed by atoms with E-state index in [2.05, 4.69) is 135 Å². The van der Waals surface area contributed by atoms with Crippen LogP contribution >= 0.6 is 0 Å². The summed E-state index contributed by atoms with van der Waals surface area (Å²) in [5.41, 5.74) is 11.3. The molecular weight excluding hydrogens is 619 g/mol. The van der Waals surface area contributed by atoms with Gasteiger partial charge in [-0.05, 0) is 112 Å². The van der Waals surface area contributed by atoms with Gasteiger partial charge in [-0.15, -0.1) is 0 Å². The van der Waals surface area contributed by atoms with Gasteiger partial charge in [-0.1, -0.05) is 135 Å². The van der Waals surface area contributed by atoms with E-state index in [0.717, 1.165) is 39.7 Å². The van der Waals surface area contributed by atoms with E-state index < -0.39 is 0 Å². The van der Waals surface area contributed by atoms with E-state index in [0.29, 0.717) is 29.3 Å². The van der Waals surface area contributed by atoms with Gasteiger partial charge in [0.15, 0.2) is 17.5 Å². The zero-order valence-electron chi connectivity index (χ0n) is 29.3. The minimum absolute atomic E-state index is 0.0588. The van der Waals surface area contributed by atoms with E-state index in [1.165, 1.54) is 53.1 Å². The smallest absolute Gasteiger partial charge is 0.164 e. The van der Waals surface area contributed by atoms with Crippen molar-refractivity contribution in [2.75, 3.05) is 0 Å². The molecule has 3 heteroatoms. The molecule has 7 aromatic rings. The van der Waals surface area contributed by atoms with E-state index in [1.54, 1.807) is 5.56 Å². The van der Waals surface area contributed by atoms with Crippen molar-refractivity contribution in [3.05, 3.63) is 151 Å². The third kappa shape index (κ3) is 4.82. The van der Waals surface area contributed by atoms with Gasteiger partial charge in [0.05, 0.1) is 0 Å². The molecule has 5 atom stereocenters. The molecule has 2 bridgehead atoms. The van der Waals surface area contributed by atoms with Crippen LogP contribution in [0.25, 0.3) is 67.2 Å². The summed E-state index contributed by atoms with van der Waals surface area (Å²) in [6, 6.07) is 50.3. The lowest BCUT2D eigenvalue weighted by atomic mass is 9.49. The highest BCUT2D eigenvalue weighted by Gasteiger charge is 2.56. The van der Waals surface area contributed by atoms with Gasteiger partial charge in [-0.3, -0.25) is 0 Å². The van der Waals surface area contributed by atoms with E-state index >= 15 is 0 Å². The summed E-state index contributed by atoms with van der Waals surface area (Å²) in [7, 11) is 0. The van der Waals surface area contributed by atoms with Gasteiger partial charge in [0.25, 0.3) is 0 Å². The van der Waals surface area contributed by atoms with Crippen LogP contribution in [-0.4, -0.2) is 15.0 Å². The van der Waals surface area contributed by atoms with Crippen LogP contribution in [0.5, 0.6) is 0 Å². The minimum Gasteiger partial charge on any atom is -0.208 e. The minimum atomic E-state index is 0.0588. The first-order valence-corrected chi connectivity index (χ1v) is 18.7. The zero-order chi connectivity index (χ0) is 34.1. The number of aromatic nitrogens is 3. The molecule has 0 aliphatic heterocycles. The Bertz CT molecular complexity index is 2430. The molecule has 5 unspecified atom stereocenters. The fourth-order valence-electron chi connectivity index (χ4n) is 10.5. The van der Waals surface area contributed by atoms with Gasteiger partial charge >= 0.3 is 0 Å². The van der Waals surface area contributed by atoms with E-state index in [9.17, 15) is 0 Å². The van der Waals surface area contributed by atoms with E-state index in [4.69, 9.17) is 15.0 Å². The number of rotatable bonds is 4. The average molecular weight is 660 g/mol. The number of benzene rings is 6. The Kier molecular flexibility index (Phi) is 7.06. The van der Waals surface area contributed by atoms with Crippen molar-refractivity contribution in [2.24, 2.45) is 23.7 Å². The second-order valence-corrected chi connectivity index (χ2v) is 15.5. The fourth-order valence-corrected chi connectivity index (χ4v) is 10.5. The Morgan fingerprint density at radius 1 is 0.451 bits per heavy atom. The molecule has 6 aromatic carbocycles. The fraction of sp³-hybridized carbons (Fsp3) is 0.229. The predicted octanol–water partition coefficient (Wildman–Crippen LogP) is 12.1. The van der Waals surface area contributed by atoms with Gasteiger partial charge in [0.2, 0.25) is 0 Å². The van der Waals surface area contributed by atoms with E-state index in [-0.39, 0.29) is 5.41 Å². The summed E-state index contributed by atoms with van der Waals surface area (Å²) in [6.45, 7) is 5.04. The quantitative estimate of drug-likeness (QED) is 0.189. The molecule has 2 fully saturated rings. The molecule has 0 radical (unpaired) electrons. The van der Waals surface area contributed by atoms with Crippen LogP contribution in [0.1, 0.15) is 50.7 Å². The zero-order valence-corrected chi connectivity index (χ0v) is 29.3. The molecule has 1 heterocycles. The number of hydrogen-bond acceptors (Lipinski definition) is 3. The molecule has 3 nitrogen and oxygen atoms in total. The summed E-state index contributed by atoms with van der Waals surface area (Å²) in [5.74, 6) is 4.95. The van der Waals surface area contributed by atoms with Gasteiger partial charge in [0, 0.05) is 22.1 Å². The molecule has 3 aliphatic rings. The van der Waals surface area contributed by atoms with Crippen molar-refractivity contribution in [3.63, 3.8) is 0 Å². The second-order valence-electron chi connectivity index (χ2n) is 15.5. The maximum Gasteiger partial charge on any atom is 0.164 e. The van der Waals surface area contributed by atoms with Crippen LogP contribution in [0.4, 0.5) is 0 Å². The number of hydrogen-bond donors (Lipinski definition) is 0. The van der Waals surface area contributed by atoms with Crippen LogP contribution in [0, 0.1) is 23.7 Å². The van der Waals surface area contributed by atoms with Gasteiger partial charge in [-0.25, -0.2) is 15.0 Å². The third-order valence-electron chi connectivity index (χ3n) is 12.4. The Labute approximate surface area is 300 Å². The van der Waals surface area contributed by atoms with Crippen molar-refractivity contribution in [1.82, 2.24) is 15.0 Å². The SMILES string of the molecule is CC1CC2CC(C)C3(c4ccccc4-c4cc5ccc(-c6nc(-c7ccccc7)nc(-c7ccccc7-c7ccccc7)n6)cc5cc43)C(C1)C2. The molecular formula is C48H41N3. The summed E-state index contributed by atoms with van der Waals surface area (Å²) in [5, 5.41) is 2.51. The van der Waals surface area contributed by atoms with Crippen LogP contribution < -0.4 is 0 Å². The van der Waals surface area contributed by atoms with Crippen molar-refractivity contribution in [3.8, 4) is 56.4 Å². The topological polar surface area (TPSA) is 38.7 Å². The molecule has 1 spiro atoms. The normalized spacial score (nSPS) is 23.3. The Balaban J connectivity index is 1.16. The van der Waals surface area contributed by atoms with Crippen LogP contribution in [-0.2, 0) is 5.41 Å². The van der Waals surface area contributed by atoms with E-state index in [1.807, 2.05) is 18.2 Å². The second kappa shape index (κ2) is 11.8. The largest absolute Gasteiger partial charge is 0.208 e. The van der Waals surface area contributed by atoms with Crippen LogP contribution in [0.3, 0.4) is 0 Å². The molecule has 3 aliphatic carbocycles. The lowest BCUT2D eigenvalue weighted by Gasteiger charge is -2.54. The number of nitrogens with zero attached hydrogens (tertiary/aromatic N) is 3. The van der Waals surface area contributed by atoms with Gasteiger partial charge in [0.1, 0.15) is 0 Å². The monoisotopic (exact) mass is 659 g/mol. The first-order valence-electron chi connectivity index (χ1n) is 18.7. The molecule has 0 amide bonds. The maximum atomic E-state index is 5.22. The van der Waals surface area contributed by atoms with Crippen LogP contribution in [0.2, 0.25) is 0 Å². The first kappa shape index (κ1) is 30.4. The molecule has 0 N–H and O–H groups in total. The molecule has 51 heavy (non-hydrogen) atoms. The summed E-state index contributed by atoms with van der Waals surface area (Å²) < 4.78 is 0. The van der Waals surface area contributed by atoms with Gasteiger partial charge < -0.3 is 0 Å².